The second kappa shape index (κ2) is 7.45. The molecule has 1 atom stereocenters. The summed E-state index contributed by atoms with van der Waals surface area (Å²) in [5.41, 5.74) is 0. The lowest BCUT2D eigenvalue weighted by Gasteiger charge is -2.33. The minimum Gasteiger partial charge on any atom is -0.484 e. The van der Waals surface area contributed by atoms with Crippen LogP contribution < -0.4 is 4.74 Å². The summed E-state index contributed by atoms with van der Waals surface area (Å²) in [6.07, 6.45) is 2.48. The zero-order valence-corrected chi connectivity index (χ0v) is 13.5. The lowest BCUT2D eigenvalue weighted by molar-refractivity contribution is -0.155. The molecular formula is C15H18BrNO4. The number of esters is 1. The summed E-state index contributed by atoms with van der Waals surface area (Å²) in [5, 5.41) is 0. The smallest absolute Gasteiger partial charge is 0.328 e. The summed E-state index contributed by atoms with van der Waals surface area (Å²) in [7, 11) is 1.35. The van der Waals surface area contributed by atoms with E-state index in [-0.39, 0.29) is 18.5 Å². The summed E-state index contributed by atoms with van der Waals surface area (Å²) in [6.45, 7) is 0.497. The van der Waals surface area contributed by atoms with E-state index in [0.29, 0.717) is 18.7 Å². The Hall–Kier alpha value is -1.56. The van der Waals surface area contributed by atoms with Crippen LogP contribution in [0, 0.1) is 0 Å². The maximum absolute atomic E-state index is 12.3. The van der Waals surface area contributed by atoms with Gasteiger partial charge < -0.3 is 14.4 Å². The fourth-order valence-electron chi connectivity index (χ4n) is 2.37. The molecule has 0 spiro atoms. The molecule has 1 aromatic rings. The maximum Gasteiger partial charge on any atom is 0.328 e. The molecule has 1 heterocycles. The number of piperidine rings is 1. The summed E-state index contributed by atoms with van der Waals surface area (Å²) in [4.78, 5) is 25.5. The number of hydrogen-bond acceptors (Lipinski definition) is 4. The molecule has 0 bridgehead atoms. The lowest BCUT2D eigenvalue weighted by atomic mass is 10.0. The van der Waals surface area contributed by atoms with E-state index < -0.39 is 6.04 Å². The van der Waals surface area contributed by atoms with Crippen molar-refractivity contribution in [3.05, 3.63) is 28.7 Å². The number of carbonyl (C=O) groups is 2. The van der Waals surface area contributed by atoms with Gasteiger partial charge in [-0.25, -0.2) is 4.79 Å². The highest BCUT2D eigenvalue weighted by Crippen LogP contribution is 2.19. The molecule has 6 heteroatoms. The SMILES string of the molecule is COC(=O)C1CCCCN1C(=O)COc1ccc(Br)cc1. The van der Waals surface area contributed by atoms with Crippen LogP contribution in [0.3, 0.4) is 0 Å². The molecule has 21 heavy (non-hydrogen) atoms. The van der Waals surface area contributed by atoms with Gasteiger partial charge in [-0.15, -0.1) is 0 Å². The number of benzene rings is 1. The van der Waals surface area contributed by atoms with Crippen molar-refractivity contribution in [2.45, 2.75) is 25.3 Å². The first kappa shape index (κ1) is 15.8. The molecule has 1 aliphatic rings. The Morgan fingerprint density at radius 2 is 2.00 bits per heavy atom. The Kier molecular flexibility index (Phi) is 5.61. The van der Waals surface area contributed by atoms with E-state index in [1.807, 2.05) is 12.1 Å². The van der Waals surface area contributed by atoms with Crippen LogP contribution in [0.25, 0.3) is 0 Å². The van der Waals surface area contributed by atoms with Crippen molar-refractivity contribution < 1.29 is 19.1 Å². The van der Waals surface area contributed by atoms with Crippen LogP contribution in [0.1, 0.15) is 19.3 Å². The highest BCUT2D eigenvalue weighted by atomic mass is 79.9. The molecule has 0 N–H and O–H groups in total. The third-order valence-electron chi connectivity index (χ3n) is 3.47. The van der Waals surface area contributed by atoms with Crippen LogP contribution in [0.15, 0.2) is 28.7 Å². The minimum absolute atomic E-state index is 0.0743. The molecular weight excluding hydrogens is 338 g/mol. The number of amides is 1. The van der Waals surface area contributed by atoms with Gasteiger partial charge in [0.15, 0.2) is 6.61 Å². The summed E-state index contributed by atoms with van der Waals surface area (Å²) >= 11 is 3.34. The molecule has 1 aromatic carbocycles. The summed E-state index contributed by atoms with van der Waals surface area (Å²) in [6, 6.07) is 6.77. The number of hydrogen-bond donors (Lipinski definition) is 0. The van der Waals surface area contributed by atoms with Gasteiger partial charge in [0, 0.05) is 11.0 Å². The second-order valence-corrected chi connectivity index (χ2v) is 5.78. The van der Waals surface area contributed by atoms with E-state index in [2.05, 4.69) is 15.9 Å². The van der Waals surface area contributed by atoms with Crippen LogP contribution in [-0.4, -0.2) is 43.1 Å². The molecule has 1 amide bonds. The summed E-state index contributed by atoms with van der Waals surface area (Å²) in [5.74, 6) is 0.0814. The predicted molar refractivity (Wildman–Crippen MR) is 81.0 cm³/mol. The zero-order chi connectivity index (χ0) is 15.2. The molecule has 2 rings (SSSR count). The van der Waals surface area contributed by atoms with Gasteiger partial charge in [0.25, 0.3) is 5.91 Å². The van der Waals surface area contributed by atoms with Crippen molar-refractivity contribution in [3.8, 4) is 5.75 Å². The van der Waals surface area contributed by atoms with Crippen molar-refractivity contribution in [1.82, 2.24) is 4.90 Å². The third-order valence-corrected chi connectivity index (χ3v) is 4.00. The largest absolute Gasteiger partial charge is 0.484 e. The average molecular weight is 356 g/mol. The van der Waals surface area contributed by atoms with Crippen molar-refractivity contribution in [3.63, 3.8) is 0 Å². The standard InChI is InChI=1S/C15H18BrNO4/c1-20-15(19)13-4-2-3-9-17(13)14(18)10-21-12-7-5-11(16)6-8-12/h5-8,13H,2-4,9-10H2,1H3. The van der Waals surface area contributed by atoms with E-state index in [9.17, 15) is 9.59 Å². The van der Waals surface area contributed by atoms with Crippen molar-refractivity contribution >= 4 is 27.8 Å². The topological polar surface area (TPSA) is 55.8 Å². The zero-order valence-electron chi connectivity index (χ0n) is 11.9. The van der Waals surface area contributed by atoms with Crippen LogP contribution >= 0.6 is 15.9 Å². The van der Waals surface area contributed by atoms with Gasteiger partial charge in [-0.3, -0.25) is 4.79 Å². The van der Waals surface area contributed by atoms with Crippen LogP contribution in [0.4, 0.5) is 0 Å². The Morgan fingerprint density at radius 1 is 1.29 bits per heavy atom. The van der Waals surface area contributed by atoms with Gasteiger partial charge in [0.05, 0.1) is 7.11 Å². The Balaban J connectivity index is 1.94. The molecule has 1 fully saturated rings. The average Bonchev–Trinajstić information content (AvgIpc) is 2.53. The number of halogens is 1. The molecule has 0 aliphatic carbocycles. The van der Waals surface area contributed by atoms with Gasteiger partial charge in [0.2, 0.25) is 0 Å². The van der Waals surface area contributed by atoms with Crippen molar-refractivity contribution in [2.24, 2.45) is 0 Å². The monoisotopic (exact) mass is 355 g/mol. The molecule has 0 saturated carbocycles. The van der Waals surface area contributed by atoms with E-state index >= 15 is 0 Å². The number of ether oxygens (including phenoxy) is 2. The molecule has 1 aliphatic heterocycles. The Morgan fingerprint density at radius 3 is 2.67 bits per heavy atom. The maximum atomic E-state index is 12.3. The fourth-order valence-corrected chi connectivity index (χ4v) is 2.63. The molecule has 114 valence electrons. The van der Waals surface area contributed by atoms with Crippen molar-refractivity contribution in [1.29, 1.82) is 0 Å². The molecule has 0 aromatic heterocycles. The lowest BCUT2D eigenvalue weighted by Crippen LogP contribution is -2.50. The normalized spacial score (nSPS) is 18.2. The van der Waals surface area contributed by atoms with Crippen LogP contribution in [0.2, 0.25) is 0 Å². The van der Waals surface area contributed by atoms with E-state index in [4.69, 9.17) is 9.47 Å². The van der Waals surface area contributed by atoms with E-state index in [1.54, 1.807) is 17.0 Å². The van der Waals surface area contributed by atoms with Gasteiger partial charge in [0.1, 0.15) is 11.8 Å². The quantitative estimate of drug-likeness (QED) is 0.778. The number of nitrogens with zero attached hydrogens (tertiary/aromatic N) is 1. The number of methoxy groups -OCH3 is 1. The van der Waals surface area contributed by atoms with Gasteiger partial charge >= 0.3 is 5.97 Å². The first-order valence-corrected chi connectivity index (χ1v) is 7.67. The Labute approximate surface area is 132 Å². The first-order chi connectivity index (χ1) is 10.1. The van der Waals surface area contributed by atoms with Gasteiger partial charge in [-0.05, 0) is 43.5 Å². The Bertz CT molecular complexity index is 503. The highest BCUT2D eigenvalue weighted by molar-refractivity contribution is 9.10. The van der Waals surface area contributed by atoms with E-state index in [0.717, 1.165) is 17.3 Å². The number of likely N-dealkylation sites (tertiary alicyclic amines) is 1. The molecule has 1 saturated heterocycles. The van der Waals surface area contributed by atoms with E-state index in [1.165, 1.54) is 7.11 Å². The van der Waals surface area contributed by atoms with Crippen LogP contribution in [-0.2, 0) is 14.3 Å². The predicted octanol–water partition coefficient (Wildman–Crippen LogP) is 2.38. The number of carbonyl (C=O) groups excluding carboxylic acids is 2. The summed E-state index contributed by atoms with van der Waals surface area (Å²) < 4.78 is 11.2. The molecule has 1 unspecified atom stereocenters. The van der Waals surface area contributed by atoms with Crippen LogP contribution in [0.5, 0.6) is 5.75 Å². The molecule has 5 nitrogen and oxygen atoms in total. The minimum atomic E-state index is -0.482. The van der Waals surface area contributed by atoms with Crippen molar-refractivity contribution in [2.75, 3.05) is 20.3 Å². The third kappa shape index (κ3) is 4.20. The number of rotatable bonds is 4. The second-order valence-electron chi connectivity index (χ2n) is 4.86. The fraction of sp³-hybridized carbons (Fsp3) is 0.467. The highest BCUT2D eigenvalue weighted by Gasteiger charge is 2.32. The molecule has 0 radical (unpaired) electrons. The van der Waals surface area contributed by atoms with Gasteiger partial charge in [-0.1, -0.05) is 15.9 Å². The first-order valence-electron chi connectivity index (χ1n) is 6.87. The van der Waals surface area contributed by atoms with Gasteiger partial charge in [-0.2, -0.15) is 0 Å².